The van der Waals surface area contributed by atoms with Gasteiger partial charge in [-0.05, 0) is 56.6 Å². The molecule has 0 atom stereocenters. The van der Waals surface area contributed by atoms with E-state index in [1.807, 2.05) is 12.1 Å². The van der Waals surface area contributed by atoms with Crippen LogP contribution < -0.4 is 15.6 Å². The SMILES string of the molecule is CNS(=O)(=O)c1cc(NC(=O)CSc2nc3ccccc3c(=O)n2C2CCCC2)ccc1C. The van der Waals surface area contributed by atoms with E-state index in [4.69, 9.17) is 0 Å². The number of aryl methyl sites for hydroxylation is 1. The van der Waals surface area contributed by atoms with Crippen LogP contribution in [0.3, 0.4) is 0 Å². The fourth-order valence-corrected chi connectivity index (χ4v) is 5.98. The number of amides is 1. The molecule has 174 valence electrons. The molecule has 3 aromatic rings. The lowest BCUT2D eigenvalue weighted by Gasteiger charge is -2.18. The zero-order chi connectivity index (χ0) is 23.6. The van der Waals surface area contributed by atoms with E-state index in [0.717, 1.165) is 25.7 Å². The maximum atomic E-state index is 13.2. The molecule has 1 heterocycles. The molecule has 1 aromatic heterocycles. The Balaban J connectivity index is 1.56. The maximum Gasteiger partial charge on any atom is 0.262 e. The Morgan fingerprint density at radius 1 is 1.18 bits per heavy atom. The molecule has 0 aliphatic heterocycles. The van der Waals surface area contributed by atoms with E-state index in [2.05, 4.69) is 15.0 Å². The fraction of sp³-hybridized carbons (Fsp3) is 0.348. The normalized spacial score (nSPS) is 14.6. The highest BCUT2D eigenvalue weighted by Crippen LogP contribution is 2.32. The van der Waals surface area contributed by atoms with Crippen molar-refractivity contribution in [3.63, 3.8) is 0 Å². The van der Waals surface area contributed by atoms with E-state index < -0.39 is 10.0 Å². The molecule has 0 spiro atoms. The Hall–Kier alpha value is -2.69. The summed E-state index contributed by atoms with van der Waals surface area (Å²) in [5.41, 5.74) is 1.51. The molecule has 1 fully saturated rings. The summed E-state index contributed by atoms with van der Waals surface area (Å²) in [7, 11) is -2.29. The van der Waals surface area contributed by atoms with E-state index in [9.17, 15) is 18.0 Å². The van der Waals surface area contributed by atoms with Gasteiger partial charge in [0.05, 0.1) is 21.6 Å². The monoisotopic (exact) mass is 486 g/mol. The van der Waals surface area contributed by atoms with Crippen molar-refractivity contribution in [3.05, 3.63) is 58.4 Å². The predicted octanol–water partition coefficient (Wildman–Crippen LogP) is 3.46. The summed E-state index contributed by atoms with van der Waals surface area (Å²) in [6.07, 6.45) is 3.98. The maximum absolute atomic E-state index is 13.2. The van der Waals surface area contributed by atoms with Crippen molar-refractivity contribution in [1.29, 1.82) is 0 Å². The number of sulfonamides is 1. The number of carbonyl (C=O) groups excluding carboxylic acids is 1. The van der Waals surface area contributed by atoms with Crippen LogP contribution in [0.5, 0.6) is 0 Å². The Morgan fingerprint density at radius 3 is 2.64 bits per heavy atom. The second kappa shape index (κ2) is 9.66. The van der Waals surface area contributed by atoms with E-state index in [0.29, 0.717) is 27.3 Å². The summed E-state index contributed by atoms with van der Waals surface area (Å²) in [5.74, 6) is -0.267. The Morgan fingerprint density at radius 2 is 1.91 bits per heavy atom. The summed E-state index contributed by atoms with van der Waals surface area (Å²) < 4.78 is 28.4. The number of nitrogens with zero attached hydrogens (tertiary/aromatic N) is 2. The fourth-order valence-electron chi connectivity index (χ4n) is 4.12. The summed E-state index contributed by atoms with van der Waals surface area (Å²) in [4.78, 5) is 30.7. The minimum Gasteiger partial charge on any atom is -0.325 e. The third kappa shape index (κ3) is 4.97. The van der Waals surface area contributed by atoms with Crippen molar-refractivity contribution >= 4 is 44.3 Å². The largest absolute Gasteiger partial charge is 0.325 e. The molecule has 1 aliphatic carbocycles. The van der Waals surface area contributed by atoms with Gasteiger partial charge in [-0.15, -0.1) is 0 Å². The number of hydrogen-bond donors (Lipinski definition) is 2. The van der Waals surface area contributed by atoms with Gasteiger partial charge in [-0.1, -0.05) is 42.8 Å². The minimum atomic E-state index is -3.64. The molecule has 0 saturated heterocycles. The summed E-state index contributed by atoms with van der Waals surface area (Å²) >= 11 is 1.22. The van der Waals surface area contributed by atoms with Crippen LogP contribution in [-0.2, 0) is 14.8 Å². The predicted molar refractivity (Wildman–Crippen MR) is 130 cm³/mol. The Kier molecular flexibility index (Phi) is 6.87. The molecular formula is C23H26N4O4S2. The van der Waals surface area contributed by atoms with Crippen molar-refractivity contribution in [1.82, 2.24) is 14.3 Å². The summed E-state index contributed by atoms with van der Waals surface area (Å²) in [6, 6.07) is 12.1. The number of fused-ring (bicyclic) bond motifs is 1. The molecule has 8 nitrogen and oxygen atoms in total. The van der Waals surface area contributed by atoms with Gasteiger partial charge >= 0.3 is 0 Å². The number of hydrogen-bond acceptors (Lipinski definition) is 6. The quantitative estimate of drug-likeness (QED) is 0.391. The number of benzene rings is 2. The van der Waals surface area contributed by atoms with Crippen LogP contribution in [0.2, 0.25) is 0 Å². The highest BCUT2D eigenvalue weighted by Gasteiger charge is 2.23. The zero-order valence-electron chi connectivity index (χ0n) is 18.5. The van der Waals surface area contributed by atoms with E-state index in [-0.39, 0.29) is 28.2 Å². The number of rotatable bonds is 7. The standard InChI is InChI=1S/C23H26N4O4S2/c1-15-11-12-16(13-20(15)33(30,31)24-2)25-21(28)14-32-23-26-19-10-6-5-9-18(19)22(29)27(23)17-7-3-4-8-17/h5-6,9-13,17,24H,3-4,7-8,14H2,1-2H3,(H,25,28). The van der Waals surface area contributed by atoms with E-state index in [1.54, 1.807) is 35.8 Å². The van der Waals surface area contributed by atoms with Crippen LogP contribution >= 0.6 is 11.8 Å². The van der Waals surface area contributed by atoms with Crippen LogP contribution in [0.15, 0.2) is 57.3 Å². The summed E-state index contributed by atoms with van der Waals surface area (Å²) in [5, 5.41) is 3.86. The molecule has 4 rings (SSSR count). The van der Waals surface area contributed by atoms with Crippen molar-refractivity contribution in [2.75, 3.05) is 18.1 Å². The van der Waals surface area contributed by atoms with Crippen molar-refractivity contribution < 1.29 is 13.2 Å². The average Bonchev–Trinajstić information content (AvgIpc) is 3.33. The minimum absolute atomic E-state index is 0.0412. The topological polar surface area (TPSA) is 110 Å². The van der Waals surface area contributed by atoms with Gasteiger partial charge in [0.25, 0.3) is 5.56 Å². The van der Waals surface area contributed by atoms with Gasteiger partial charge in [-0.25, -0.2) is 18.1 Å². The second-order valence-electron chi connectivity index (χ2n) is 8.05. The smallest absolute Gasteiger partial charge is 0.262 e. The molecule has 1 aliphatic rings. The van der Waals surface area contributed by atoms with Crippen LogP contribution in [0.4, 0.5) is 5.69 Å². The van der Waals surface area contributed by atoms with Gasteiger partial charge in [0.15, 0.2) is 5.16 Å². The molecule has 0 unspecified atom stereocenters. The Bertz CT molecular complexity index is 1360. The Labute approximate surface area is 196 Å². The lowest BCUT2D eigenvalue weighted by molar-refractivity contribution is -0.113. The number of anilines is 1. The van der Waals surface area contributed by atoms with Crippen LogP contribution in [0.1, 0.15) is 37.3 Å². The molecule has 1 amide bonds. The lowest BCUT2D eigenvalue weighted by Crippen LogP contribution is -2.27. The molecule has 1 saturated carbocycles. The highest BCUT2D eigenvalue weighted by atomic mass is 32.2. The first kappa shape index (κ1) is 23.5. The van der Waals surface area contributed by atoms with Gasteiger partial charge in [0.2, 0.25) is 15.9 Å². The first-order chi connectivity index (χ1) is 15.8. The molecular weight excluding hydrogens is 460 g/mol. The van der Waals surface area contributed by atoms with Crippen molar-refractivity contribution in [3.8, 4) is 0 Å². The lowest BCUT2D eigenvalue weighted by atomic mass is 10.2. The third-order valence-electron chi connectivity index (χ3n) is 5.83. The van der Waals surface area contributed by atoms with Crippen LogP contribution in [0, 0.1) is 6.92 Å². The number of thioether (sulfide) groups is 1. The van der Waals surface area contributed by atoms with Gasteiger partial charge in [0, 0.05) is 11.7 Å². The first-order valence-electron chi connectivity index (χ1n) is 10.8. The van der Waals surface area contributed by atoms with Gasteiger partial charge in [-0.2, -0.15) is 0 Å². The van der Waals surface area contributed by atoms with Crippen molar-refractivity contribution in [2.45, 2.75) is 48.7 Å². The van der Waals surface area contributed by atoms with Gasteiger partial charge in [0.1, 0.15) is 0 Å². The molecule has 0 bridgehead atoms. The third-order valence-corrected chi connectivity index (χ3v) is 8.34. The van der Waals surface area contributed by atoms with Crippen molar-refractivity contribution in [2.24, 2.45) is 0 Å². The molecule has 2 N–H and O–H groups in total. The molecule has 2 aromatic carbocycles. The summed E-state index contributed by atoms with van der Waals surface area (Å²) in [6.45, 7) is 1.69. The van der Waals surface area contributed by atoms with Gasteiger partial charge in [-0.3, -0.25) is 14.2 Å². The number of aromatic nitrogens is 2. The number of para-hydroxylation sites is 1. The van der Waals surface area contributed by atoms with Crippen LogP contribution in [0.25, 0.3) is 10.9 Å². The zero-order valence-corrected chi connectivity index (χ0v) is 20.1. The first-order valence-corrected chi connectivity index (χ1v) is 13.2. The highest BCUT2D eigenvalue weighted by molar-refractivity contribution is 7.99. The molecule has 33 heavy (non-hydrogen) atoms. The van der Waals surface area contributed by atoms with E-state index >= 15 is 0 Å². The number of carbonyl (C=O) groups is 1. The number of nitrogens with one attached hydrogen (secondary N) is 2. The average molecular weight is 487 g/mol. The molecule has 10 heteroatoms. The van der Waals surface area contributed by atoms with Gasteiger partial charge < -0.3 is 5.32 Å². The molecule has 0 radical (unpaired) electrons. The second-order valence-corrected chi connectivity index (χ2v) is 10.8. The van der Waals surface area contributed by atoms with E-state index in [1.165, 1.54) is 24.9 Å². The van der Waals surface area contributed by atoms with Crippen LogP contribution in [-0.4, -0.2) is 36.7 Å².